The van der Waals surface area contributed by atoms with Crippen LogP contribution in [0.5, 0.6) is 0 Å². The summed E-state index contributed by atoms with van der Waals surface area (Å²) >= 11 is 0. The average molecular weight is 318 g/mol. The number of ether oxygens (including phenoxy) is 1. The number of para-hydroxylation sites is 1. The number of amides is 1. The van der Waals surface area contributed by atoms with Gasteiger partial charge in [-0.3, -0.25) is 4.79 Å². The van der Waals surface area contributed by atoms with Gasteiger partial charge in [-0.15, -0.1) is 5.10 Å². The van der Waals surface area contributed by atoms with E-state index in [-0.39, 0.29) is 18.9 Å². The maximum atomic E-state index is 11.9. The first-order valence-corrected chi connectivity index (χ1v) is 7.01. The van der Waals surface area contributed by atoms with Crippen molar-refractivity contribution < 1.29 is 19.4 Å². The Morgan fingerprint density at radius 2 is 2.04 bits per heavy atom. The standard InChI is InChI=1S/C15H18N4O4/c1-10-12(8-14(20)16-9-13(23-2)15(21)22)17-18-19(10)11-6-4-3-5-7-11/h3-7,13H,8-9H2,1-2H3,(H,16,20)(H,21,22). The van der Waals surface area contributed by atoms with Crippen LogP contribution in [0.2, 0.25) is 0 Å². The largest absolute Gasteiger partial charge is 0.479 e. The summed E-state index contributed by atoms with van der Waals surface area (Å²) in [4.78, 5) is 22.7. The Hall–Kier alpha value is -2.74. The molecule has 0 bridgehead atoms. The van der Waals surface area contributed by atoms with Gasteiger partial charge in [-0.05, 0) is 19.1 Å². The summed E-state index contributed by atoms with van der Waals surface area (Å²) in [5.74, 6) is -1.46. The second-order valence-electron chi connectivity index (χ2n) is 4.91. The maximum Gasteiger partial charge on any atom is 0.334 e. The molecule has 1 amide bonds. The second kappa shape index (κ2) is 7.50. The summed E-state index contributed by atoms with van der Waals surface area (Å²) in [6, 6.07) is 9.46. The van der Waals surface area contributed by atoms with Crippen LogP contribution in [-0.4, -0.2) is 51.7 Å². The molecule has 0 aliphatic heterocycles. The van der Waals surface area contributed by atoms with E-state index in [0.717, 1.165) is 11.4 Å². The van der Waals surface area contributed by atoms with Gasteiger partial charge in [0.1, 0.15) is 0 Å². The van der Waals surface area contributed by atoms with Gasteiger partial charge in [0.05, 0.1) is 30.0 Å². The highest BCUT2D eigenvalue weighted by Crippen LogP contribution is 2.12. The number of nitrogens with zero attached hydrogens (tertiary/aromatic N) is 3. The van der Waals surface area contributed by atoms with Crippen molar-refractivity contribution in [3.8, 4) is 5.69 Å². The van der Waals surface area contributed by atoms with E-state index in [1.54, 1.807) is 4.68 Å². The van der Waals surface area contributed by atoms with Crippen LogP contribution in [0.4, 0.5) is 0 Å². The summed E-state index contributed by atoms with van der Waals surface area (Å²) in [7, 11) is 1.28. The second-order valence-corrected chi connectivity index (χ2v) is 4.91. The Morgan fingerprint density at radius 3 is 2.65 bits per heavy atom. The fraction of sp³-hybridized carbons (Fsp3) is 0.333. The summed E-state index contributed by atoms with van der Waals surface area (Å²) < 4.78 is 6.40. The highest BCUT2D eigenvalue weighted by Gasteiger charge is 2.18. The van der Waals surface area contributed by atoms with Crippen molar-refractivity contribution in [2.75, 3.05) is 13.7 Å². The number of benzene rings is 1. The minimum absolute atomic E-state index is 0.0225. The molecule has 122 valence electrons. The SMILES string of the molecule is COC(CNC(=O)Cc1nnn(-c2ccccc2)c1C)C(=O)O. The van der Waals surface area contributed by atoms with E-state index in [4.69, 9.17) is 9.84 Å². The smallest absolute Gasteiger partial charge is 0.334 e. The third kappa shape index (κ3) is 4.13. The zero-order valence-corrected chi connectivity index (χ0v) is 12.9. The first-order valence-electron chi connectivity index (χ1n) is 7.01. The van der Waals surface area contributed by atoms with Gasteiger partial charge in [0, 0.05) is 7.11 Å². The van der Waals surface area contributed by atoms with Gasteiger partial charge in [-0.2, -0.15) is 0 Å². The van der Waals surface area contributed by atoms with E-state index in [1.807, 2.05) is 37.3 Å². The highest BCUT2D eigenvalue weighted by molar-refractivity contribution is 5.79. The van der Waals surface area contributed by atoms with Gasteiger partial charge in [-0.1, -0.05) is 23.4 Å². The molecule has 23 heavy (non-hydrogen) atoms. The third-order valence-electron chi connectivity index (χ3n) is 3.36. The molecule has 1 aromatic carbocycles. The molecule has 0 aliphatic rings. The van der Waals surface area contributed by atoms with Crippen LogP contribution in [0.3, 0.4) is 0 Å². The lowest BCUT2D eigenvalue weighted by Gasteiger charge is -2.11. The first-order chi connectivity index (χ1) is 11.0. The Kier molecular flexibility index (Phi) is 5.42. The maximum absolute atomic E-state index is 11.9. The number of methoxy groups -OCH3 is 1. The molecular formula is C15H18N4O4. The Bertz CT molecular complexity index is 684. The van der Waals surface area contributed by atoms with Crippen LogP contribution in [-0.2, 0) is 20.7 Å². The van der Waals surface area contributed by atoms with Gasteiger partial charge in [0.2, 0.25) is 5.91 Å². The molecule has 0 aliphatic carbocycles. The van der Waals surface area contributed by atoms with E-state index in [0.29, 0.717) is 5.69 Å². The van der Waals surface area contributed by atoms with Crippen LogP contribution < -0.4 is 5.32 Å². The molecular weight excluding hydrogens is 300 g/mol. The van der Waals surface area contributed by atoms with E-state index >= 15 is 0 Å². The van der Waals surface area contributed by atoms with Crippen LogP contribution in [0.1, 0.15) is 11.4 Å². The number of carboxylic acids is 1. The van der Waals surface area contributed by atoms with Gasteiger partial charge in [0.25, 0.3) is 0 Å². The molecule has 0 radical (unpaired) electrons. The van der Waals surface area contributed by atoms with Crippen molar-refractivity contribution in [2.24, 2.45) is 0 Å². The van der Waals surface area contributed by atoms with Crippen molar-refractivity contribution in [3.05, 3.63) is 41.7 Å². The molecule has 8 heteroatoms. The van der Waals surface area contributed by atoms with Crippen molar-refractivity contribution in [1.29, 1.82) is 0 Å². The zero-order chi connectivity index (χ0) is 16.8. The number of nitrogens with one attached hydrogen (secondary N) is 1. The summed E-state index contributed by atoms with van der Waals surface area (Å²) in [6.07, 6.45) is -1.05. The minimum Gasteiger partial charge on any atom is -0.479 e. The van der Waals surface area contributed by atoms with E-state index < -0.39 is 12.1 Å². The molecule has 0 saturated carbocycles. The molecule has 2 aromatic rings. The zero-order valence-electron chi connectivity index (χ0n) is 12.9. The number of hydrogen-bond donors (Lipinski definition) is 2. The molecule has 0 fully saturated rings. The third-order valence-corrected chi connectivity index (χ3v) is 3.36. The lowest BCUT2D eigenvalue weighted by molar-refractivity contribution is -0.148. The Morgan fingerprint density at radius 1 is 1.35 bits per heavy atom. The Balaban J connectivity index is 2.00. The number of aliphatic carboxylic acids is 1. The van der Waals surface area contributed by atoms with Gasteiger partial charge in [-0.25, -0.2) is 9.48 Å². The van der Waals surface area contributed by atoms with Crippen LogP contribution in [0, 0.1) is 6.92 Å². The number of carboxylic acid groups (broad SMARTS) is 1. The highest BCUT2D eigenvalue weighted by atomic mass is 16.5. The average Bonchev–Trinajstić information content (AvgIpc) is 2.89. The summed E-state index contributed by atoms with van der Waals surface area (Å²) in [5.41, 5.74) is 2.15. The molecule has 0 saturated heterocycles. The van der Waals surface area contributed by atoms with Crippen LogP contribution >= 0.6 is 0 Å². The number of carbonyl (C=O) groups excluding carboxylic acids is 1. The molecule has 1 aromatic heterocycles. The molecule has 1 atom stereocenters. The fourth-order valence-electron chi connectivity index (χ4n) is 2.03. The topological polar surface area (TPSA) is 106 Å². The van der Waals surface area contributed by atoms with Gasteiger partial charge >= 0.3 is 5.97 Å². The predicted molar refractivity (Wildman–Crippen MR) is 81.2 cm³/mol. The minimum atomic E-state index is -1.13. The molecule has 0 spiro atoms. The Labute approximate surface area is 133 Å². The van der Waals surface area contributed by atoms with Crippen LogP contribution in [0.15, 0.2) is 30.3 Å². The molecule has 2 N–H and O–H groups in total. The van der Waals surface area contributed by atoms with E-state index in [2.05, 4.69) is 15.6 Å². The quantitative estimate of drug-likeness (QED) is 0.762. The van der Waals surface area contributed by atoms with Gasteiger partial charge < -0.3 is 15.2 Å². The van der Waals surface area contributed by atoms with Crippen molar-refractivity contribution in [1.82, 2.24) is 20.3 Å². The number of hydrogen-bond acceptors (Lipinski definition) is 5. The van der Waals surface area contributed by atoms with Crippen molar-refractivity contribution >= 4 is 11.9 Å². The number of carbonyl (C=O) groups is 2. The molecule has 8 nitrogen and oxygen atoms in total. The number of rotatable bonds is 7. The summed E-state index contributed by atoms with van der Waals surface area (Å²) in [5, 5.41) is 19.4. The predicted octanol–water partition coefficient (Wildman–Crippen LogP) is 0.334. The fourth-order valence-corrected chi connectivity index (χ4v) is 2.03. The van der Waals surface area contributed by atoms with Crippen LogP contribution in [0.25, 0.3) is 5.69 Å². The van der Waals surface area contributed by atoms with Gasteiger partial charge in [0.15, 0.2) is 6.10 Å². The van der Waals surface area contributed by atoms with Crippen molar-refractivity contribution in [3.63, 3.8) is 0 Å². The summed E-state index contributed by atoms with van der Waals surface area (Å²) in [6.45, 7) is 1.72. The molecule has 2 rings (SSSR count). The normalized spacial score (nSPS) is 11.9. The molecule has 1 unspecified atom stereocenters. The first kappa shape index (κ1) is 16.6. The lowest BCUT2D eigenvalue weighted by atomic mass is 10.2. The molecule has 1 heterocycles. The number of aromatic nitrogens is 3. The van der Waals surface area contributed by atoms with E-state index in [1.165, 1.54) is 7.11 Å². The lowest BCUT2D eigenvalue weighted by Crippen LogP contribution is -2.38. The van der Waals surface area contributed by atoms with Crippen molar-refractivity contribution in [2.45, 2.75) is 19.4 Å². The monoisotopic (exact) mass is 318 g/mol. The van der Waals surface area contributed by atoms with E-state index in [9.17, 15) is 9.59 Å².